The Hall–Kier alpha value is -1.67. The molecule has 0 bridgehead atoms. The maximum absolute atomic E-state index is 14.4. The molecule has 3 rings (SSSR count). The van der Waals surface area contributed by atoms with Crippen molar-refractivity contribution in [1.82, 2.24) is 0 Å². The molecule has 1 saturated carbocycles. The van der Waals surface area contributed by atoms with Gasteiger partial charge in [0.25, 0.3) is 0 Å². The van der Waals surface area contributed by atoms with Gasteiger partial charge < -0.3 is 19.0 Å². The standard InChI is InChI=1S/C22H29BrFNO5/c1-5-6-9-27-18-12-28-25-19(18)14-10-15(23)16(24)11-17(14)29-20(13-7-8-13)21(26)30-22(2,3)4/h10-11,13,18,20H,5-9,12H2,1-4H3. The van der Waals surface area contributed by atoms with E-state index in [1.165, 1.54) is 6.07 Å². The van der Waals surface area contributed by atoms with E-state index >= 15 is 0 Å². The van der Waals surface area contributed by atoms with Crippen molar-refractivity contribution in [3.8, 4) is 5.75 Å². The van der Waals surface area contributed by atoms with Crippen molar-refractivity contribution in [3.63, 3.8) is 0 Å². The maximum atomic E-state index is 14.4. The summed E-state index contributed by atoms with van der Waals surface area (Å²) >= 11 is 3.23. The van der Waals surface area contributed by atoms with Crippen molar-refractivity contribution in [1.29, 1.82) is 0 Å². The number of rotatable bonds is 9. The number of unbranched alkanes of at least 4 members (excludes halogenated alkanes) is 1. The number of benzene rings is 1. The molecule has 2 unspecified atom stereocenters. The molecule has 1 aliphatic carbocycles. The summed E-state index contributed by atoms with van der Waals surface area (Å²) < 4.78 is 32.2. The van der Waals surface area contributed by atoms with Gasteiger partial charge in [-0.15, -0.1) is 0 Å². The van der Waals surface area contributed by atoms with Crippen LogP contribution in [-0.4, -0.2) is 42.7 Å². The van der Waals surface area contributed by atoms with E-state index in [4.69, 9.17) is 19.0 Å². The van der Waals surface area contributed by atoms with Crippen LogP contribution < -0.4 is 4.74 Å². The summed E-state index contributed by atoms with van der Waals surface area (Å²) in [4.78, 5) is 18.0. The molecule has 8 heteroatoms. The molecular formula is C22H29BrFNO5. The first-order valence-corrected chi connectivity index (χ1v) is 11.2. The van der Waals surface area contributed by atoms with Gasteiger partial charge in [0, 0.05) is 24.2 Å². The number of carbonyl (C=O) groups is 1. The van der Waals surface area contributed by atoms with E-state index in [0.717, 1.165) is 25.7 Å². The lowest BCUT2D eigenvalue weighted by Crippen LogP contribution is -2.37. The SMILES string of the molecule is CCCCOC1CON=C1c1cc(Br)c(F)cc1OC(C(=O)OC(C)(C)C)C1CC1. The molecule has 1 aromatic rings. The van der Waals surface area contributed by atoms with Gasteiger partial charge in [-0.1, -0.05) is 18.5 Å². The first kappa shape index (κ1) is 23.0. The van der Waals surface area contributed by atoms with Crippen LogP contribution in [0.5, 0.6) is 5.75 Å². The van der Waals surface area contributed by atoms with Gasteiger partial charge >= 0.3 is 5.97 Å². The van der Waals surface area contributed by atoms with Crippen LogP contribution in [0.4, 0.5) is 4.39 Å². The minimum Gasteiger partial charge on any atom is -0.478 e. The lowest BCUT2D eigenvalue weighted by molar-refractivity contribution is -0.164. The Bertz CT molecular complexity index is 803. The molecule has 1 aliphatic heterocycles. The molecule has 0 amide bonds. The molecule has 0 N–H and O–H groups in total. The second kappa shape index (κ2) is 9.64. The third kappa shape index (κ3) is 5.94. The Kier molecular flexibility index (Phi) is 7.39. The van der Waals surface area contributed by atoms with Crippen molar-refractivity contribution in [2.24, 2.45) is 11.1 Å². The Balaban J connectivity index is 1.87. The highest BCUT2D eigenvalue weighted by Gasteiger charge is 2.41. The Morgan fingerprint density at radius 3 is 2.73 bits per heavy atom. The number of ether oxygens (including phenoxy) is 3. The number of carbonyl (C=O) groups excluding carboxylic acids is 1. The fraction of sp³-hybridized carbons (Fsp3) is 0.636. The highest BCUT2D eigenvalue weighted by molar-refractivity contribution is 9.10. The first-order chi connectivity index (χ1) is 14.2. The van der Waals surface area contributed by atoms with Crippen LogP contribution in [0, 0.1) is 11.7 Å². The quantitative estimate of drug-likeness (QED) is 0.363. The van der Waals surface area contributed by atoms with Crippen molar-refractivity contribution in [3.05, 3.63) is 28.0 Å². The molecule has 6 nitrogen and oxygen atoms in total. The molecule has 1 fully saturated rings. The fourth-order valence-corrected chi connectivity index (χ4v) is 3.43. The third-order valence-corrected chi connectivity index (χ3v) is 5.36. The second-order valence-corrected chi connectivity index (χ2v) is 9.51. The maximum Gasteiger partial charge on any atom is 0.348 e. The molecule has 1 heterocycles. The zero-order valence-corrected chi connectivity index (χ0v) is 19.5. The first-order valence-electron chi connectivity index (χ1n) is 10.4. The summed E-state index contributed by atoms with van der Waals surface area (Å²) in [6.45, 7) is 8.37. The zero-order chi connectivity index (χ0) is 21.9. The van der Waals surface area contributed by atoms with Crippen molar-refractivity contribution in [2.75, 3.05) is 13.2 Å². The minimum absolute atomic E-state index is 0.0535. The molecule has 30 heavy (non-hydrogen) atoms. The second-order valence-electron chi connectivity index (χ2n) is 8.66. The largest absolute Gasteiger partial charge is 0.478 e. The van der Waals surface area contributed by atoms with Gasteiger partial charge in [0.1, 0.15) is 35.6 Å². The predicted octanol–water partition coefficient (Wildman–Crippen LogP) is 5.01. The predicted molar refractivity (Wildman–Crippen MR) is 114 cm³/mol. The summed E-state index contributed by atoms with van der Waals surface area (Å²) in [6.07, 6.45) is 2.48. The van der Waals surface area contributed by atoms with E-state index in [1.54, 1.807) is 6.07 Å². The van der Waals surface area contributed by atoms with Crippen molar-refractivity contribution in [2.45, 2.75) is 71.2 Å². The van der Waals surface area contributed by atoms with Crippen LogP contribution in [0.25, 0.3) is 0 Å². The number of oxime groups is 1. The summed E-state index contributed by atoms with van der Waals surface area (Å²) in [5.74, 6) is -0.653. The molecular weight excluding hydrogens is 457 g/mol. The molecule has 2 aliphatic rings. The molecule has 0 spiro atoms. The van der Waals surface area contributed by atoms with Gasteiger partial charge in [-0.3, -0.25) is 0 Å². The van der Waals surface area contributed by atoms with Crippen LogP contribution >= 0.6 is 15.9 Å². The number of esters is 1. The summed E-state index contributed by atoms with van der Waals surface area (Å²) in [5.41, 5.74) is 0.431. The Morgan fingerprint density at radius 1 is 1.37 bits per heavy atom. The lowest BCUT2D eigenvalue weighted by Gasteiger charge is -2.25. The van der Waals surface area contributed by atoms with Gasteiger partial charge in [-0.05, 0) is 62.0 Å². The van der Waals surface area contributed by atoms with Crippen molar-refractivity contribution >= 4 is 27.6 Å². The normalized spacial score (nSPS) is 19.8. The van der Waals surface area contributed by atoms with E-state index in [0.29, 0.717) is 17.9 Å². The van der Waals surface area contributed by atoms with Crippen LogP contribution in [0.15, 0.2) is 21.8 Å². The van der Waals surface area contributed by atoms with E-state index in [9.17, 15) is 9.18 Å². The Labute approximate surface area is 185 Å². The molecule has 1 aromatic carbocycles. The molecule has 166 valence electrons. The molecule has 0 aromatic heterocycles. The van der Waals surface area contributed by atoms with Gasteiger partial charge in [-0.25, -0.2) is 9.18 Å². The van der Waals surface area contributed by atoms with Gasteiger partial charge in [0.2, 0.25) is 0 Å². The summed E-state index contributed by atoms with van der Waals surface area (Å²) in [7, 11) is 0. The lowest BCUT2D eigenvalue weighted by atomic mass is 10.0. The van der Waals surface area contributed by atoms with E-state index in [-0.39, 0.29) is 28.9 Å². The highest BCUT2D eigenvalue weighted by Crippen LogP contribution is 2.38. The van der Waals surface area contributed by atoms with E-state index in [1.807, 2.05) is 20.8 Å². The summed E-state index contributed by atoms with van der Waals surface area (Å²) in [6, 6.07) is 2.86. The van der Waals surface area contributed by atoms with Crippen molar-refractivity contribution < 1.29 is 28.2 Å². The third-order valence-electron chi connectivity index (χ3n) is 4.75. The minimum atomic E-state index is -0.800. The number of halogens is 2. The zero-order valence-electron chi connectivity index (χ0n) is 17.9. The van der Waals surface area contributed by atoms with Crippen LogP contribution in [0.1, 0.15) is 58.9 Å². The monoisotopic (exact) mass is 485 g/mol. The smallest absolute Gasteiger partial charge is 0.348 e. The Morgan fingerprint density at radius 2 is 2.10 bits per heavy atom. The summed E-state index contributed by atoms with van der Waals surface area (Å²) in [5, 5.41) is 4.12. The van der Waals surface area contributed by atoms with Crippen LogP contribution in [0.2, 0.25) is 0 Å². The average Bonchev–Trinajstić information content (AvgIpc) is 3.39. The fourth-order valence-electron chi connectivity index (χ4n) is 3.09. The number of hydrogen-bond acceptors (Lipinski definition) is 6. The molecule has 2 atom stereocenters. The number of hydrogen-bond donors (Lipinski definition) is 0. The molecule has 0 radical (unpaired) electrons. The topological polar surface area (TPSA) is 66.3 Å². The number of nitrogens with zero attached hydrogens (tertiary/aromatic N) is 1. The van der Waals surface area contributed by atoms with Crippen LogP contribution in [0.3, 0.4) is 0 Å². The van der Waals surface area contributed by atoms with Crippen LogP contribution in [-0.2, 0) is 19.1 Å². The van der Waals surface area contributed by atoms with Gasteiger partial charge in [0.05, 0.1) is 4.47 Å². The highest BCUT2D eigenvalue weighted by atomic mass is 79.9. The van der Waals surface area contributed by atoms with Gasteiger partial charge in [0.15, 0.2) is 6.10 Å². The van der Waals surface area contributed by atoms with E-state index < -0.39 is 23.5 Å². The molecule has 0 saturated heterocycles. The average molecular weight is 486 g/mol. The van der Waals surface area contributed by atoms with Gasteiger partial charge in [-0.2, -0.15) is 0 Å². The van der Waals surface area contributed by atoms with E-state index in [2.05, 4.69) is 28.0 Å².